The number of nitrogens with one attached hydrogen (secondary N) is 2. The summed E-state index contributed by atoms with van der Waals surface area (Å²) in [6.45, 7) is 5.16. The van der Waals surface area contributed by atoms with E-state index in [4.69, 9.17) is 4.74 Å². The predicted octanol–water partition coefficient (Wildman–Crippen LogP) is 2.26. The van der Waals surface area contributed by atoms with E-state index in [0.29, 0.717) is 12.5 Å². The average molecular weight is 276 g/mol. The van der Waals surface area contributed by atoms with Crippen molar-refractivity contribution in [2.24, 2.45) is 5.92 Å². The van der Waals surface area contributed by atoms with E-state index in [9.17, 15) is 4.79 Å². The fourth-order valence-corrected chi connectivity index (χ4v) is 2.45. The number of aryl methyl sites for hydroxylation is 1. The number of ether oxygens (including phenoxy) is 1. The molecule has 0 unspecified atom stereocenters. The van der Waals surface area contributed by atoms with Gasteiger partial charge in [0.15, 0.2) is 0 Å². The van der Waals surface area contributed by atoms with Gasteiger partial charge in [0.2, 0.25) is 0 Å². The monoisotopic (exact) mass is 276 g/mol. The topological polar surface area (TPSA) is 50.4 Å². The third kappa shape index (κ3) is 4.85. The second-order valence-corrected chi connectivity index (χ2v) is 5.37. The molecule has 1 aromatic rings. The number of carbonyl (C=O) groups is 1. The van der Waals surface area contributed by atoms with E-state index in [1.807, 2.05) is 12.1 Å². The molecule has 4 heteroatoms. The molecule has 1 aliphatic rings. The van der Waals surface area contributed by atoms with Gasteiger partial charge in [0.1, 0.15) is 0 Å². The van der Waals surface area contributed by atoms with Crippen molar-refractivity contribution in [3.8, 4) is 0 Å². The molecule has 0 spiro atoms. The molecule has 2 amide bonds. The van der Waals surface area contributed by atoms with E-state index >= 15 is 0 Å². The summed E-state index contributed by atoms with van der Waals surface area (Å²) < 4.78 is 5.30. The van der Waals surface area contributed by atoms with Crippen molar-refractivity contribution in [1.29, 1.82) is 0 Å². The standard InChI is InChI=1S/C16H24N2O2/c1-13-4-2-3-5-15(13)6-9-17-16(19)18-12-14-7-10-20-11-8-14/h2-5,14H,6-12H2,1H3,(H2,17,18,19). The first-order valence-electron chi connectivity index (χ1n) is 7.39. The van der Waals surface area contributed by atoms with Crippen LogP contribution in [0.3, 0.4) is 0 Å². The van der Waals surface area contributed by atoms with Gasteiger partial charge in [0, 0.05) is 26.3 Å². The first kappa shape index (κ1) is 14.9. The maximum Gasteiger partial charge on any atom is 0.314 e. The Balaban J connectivity index is 1.61. The Morgan fingerprint density at radius 2 is 2.00 bits per heavy atom. The smallest absolute Gasteiger partial charge is 0.314 e. The second kappa shape index (κ2) is 7.90. The Bertz CT molecular complexity index is 428. The van der Waals surface area contributed by atoms with Crippen LogP contribution >= 0.6 is 0 Å². The predicted molar refractivity (Wildman–Crippen MR) is 79.8 cm³/mol. The number of carbonyl (C=O) groups excluding carboxylic acids is 1. The van der Waals surface area contributed by atoms with Gasteiger partial charge in [-0.25, -0.2) is 4.79 Å². The molecule has 4 nitrogen and oxygen atoms in total. The van der Waals surface area contributed by atoms with Crippen LogP contribution in [0.1, 0.15) is 24.0 Å². The van der Waals surface area contributed by atoms with Crippen molar-refractivity contribution >= 4 is 6.03 Å². The van der Waals surface area contributed by atoms with Crippen molar-refractivity contribution in [1.82, 2.24) is 10.6 Å². The zero-order valence-corrected chi connectivity index (χ0v) is 12.2. The van der Waals surface area contributed by atoms with E-state index in [1.54, 1.807) is 0 Å². The molecule has 20 heavy (non-hydrogen) atoms. The van der Waals surface area contributed by atoms with Crippen molar-refractivity contribution in [3.05, 3.63) is 35.4 Å². The average Bonchev–Trinajstić information content (AvgIpc) is 2.48. The van der Waals surface area contributed by atoms with Gasteiger partial charge in [-0.3, -0.25) is 0 Å². The summed E-state index contributed by atoms with van der Waals surface area (Å²) in [5, 5.41) is 5.86. The lowest BCUT2D eigenvalue weighted by Crippen LogP contribution is -2.40. The van der Waals surface area contributed by atoms with Gasteiger partial charge in [-0.1, -0.05) is 24.3 Å². The molecule has 110 valence electrons. The van der Waals surface area contributed by atoms with Crippen LogP contribution in [-0.2, 0) is 11.2 Å². The van der Waals surface area contributed by atoms with Gasteiger partial charge in [0.05, 0.1) is 0 Å². The zero-order valence-electron chi connectivity index (χ0n) is 12.2. The molecule has 0 aliphatic carbocycles. The maximum atomic E-state index is 11.7. The van der Waals surface area contributed by atoms with E-state index in [0.717, 1.165) is 39.0 Å². The second-order valence-electron chi connectivity index (χ2n) is 5.37. The summed E-state index contributed by atoms with van der Waals surface area (Å²) in [4.78, 5) is 11.7. The summed E-state index contributed by atoms with van der Waals surface area (Å²) >= 11 is 0. The van der Waals surface area contributed by atoms with E-state index in [-0.39, 0.29) is 6.03 Å². The fraction of sp³-hybridized carbons (Fsp3) is 0.562. The van der Waals surface area contributed by atoms with Crippen LogP contribution in [0.2, 0.25) is 0 Å². The van der Waals surface area contributed by atoms with E-state index in [1.165, 1.54) is 11.1 Å². The Kier molecular flexibility index (Phi) is 5.87. The number of amides is 2. The largest absolute Gasteiger partial charge is 0.381 e. The lowest BCUT2D eigenvalue weighted by molar-refractivity contribution is 0.0669. The first-order valence-corrected chi connectivity index (χ1v) is 7.39. The van der Waals surface area contributed by atoms with E-state index < -0.39 is 0 Å². The number of hydrogen-bond acceptors (Lipinski definition) is 2. The van der Waals surface area contributed by atoms with Gasteiger partial charge in [-0.05, 0) is 43.2 Å². The minimum absolute atomic E-state index is 0.0647. The van der Waals surface area contributed by atoms with Gasteiger partial charge < -0.3 is 15.4 Å². The fourth-order valence-electron chi connectivity index (χ4n) is 2.45. The number of hydrogen-bond donors (Lipinski definition) is 2. The molecule has 0 aromatic heterocycles. The summed E-state index contributed by atoms with van der Waals surface area (Å²) in [6.07, 6.45) is 2.96. The van der Waals surface area contributed by atoms with Crippen LogP contribution < -0.4 is 10.6 Å². The molecule has 1 aliphatic heterocycles. The molecular formula is C16H24N2O2. The molecule has 0 bridgehead atoms. The Labute approximate surface area is 120 Å². The quantitative estimate of drug-likeness (QED) is 0.866. The summed E-state index contributed by atoms with van der Waals surface area (Å²) in [5.74, 6) is 0.561. The minimum Gasteiger partial charge on any atom is -0.381 e. The highest BCUT2D eigenvalue weighted by Gasteiger charge is 2.14. The normalized spacial score (nSPS) is 15.8. The van der Waals surface area contributed by atoms with Gasteiger partial charge in [-0.2, -0.15) is 0 Å². The van der Waals surface area contributed by atoms with Crippen LogP contribution in [0.15, 0.2) is 24.3 Å². The molecule has 2 rings (SSSR count). The highest BCUT2D eigenvalue weighted by atomic mass is 16.5. The summed E-state index contributed by atoms with van der Waals surface area (Å²) in [7, 11) is 0. The summed E-state index contributed by atoms with van der Waals surface area (Å²) in [6, 6.07) is 8.21. The number of benzene rings is 1. The van der Waals surface area contributed by atoms with Gasteiger partial charge >= 0.3 is 6.03 Å². The first-order chi connectivity index (χ1) is 9.75. The van der Waals surface area contributed by atoms with Crippen molar-refractivity contribution in [3.63, 3.8) is 0 Å². The van der Waals surface area contributed by atoms with E-state index in [2.05, 4.69) is 29.7 Å². The number of urea groups is 1. The lowest BCUT2D eigenvalue weighted by atomic mass is 10.0. The highest BCUT2D eigenvalue weighted by molar-refractivity contribution is 5.73. The van der Waals surface area contributed by atoms with Crippen LogP contribution in [0.25, 0.3) is 0 Å². The molecule has 0 atom stereocenters. The van der Waals surface area contributed by atoms with Crippen LogP contribution in [0.5, 0.6) is 0 Å². The SMILES string of the molecule is Cc1ccccc1CCNC(=O)NCC1CCOCC1. The Morgan fingerprint density at radius 3 is 2.75 bits per heavy atom. The van der Waals surface area contributed by atoms with Gasteiger partial charge in [-0.15, -0.1) is 0 Å². The number of rotatable bonds is 5. The third-order valence-electron chi connectivity index (χ3n) is 3.83. The Morgan fingerprint density at radius 1 is 1.25 bits per heavy atom. The maximum absolute atomic E-state index is 11.7. The molecular weight excluding hydrogens is 252 g/mol. The molecule has 1 saturated heterocycles. The minimum atomic E-state index is -0.0647. The lowest BCUT2D eigenvalue weighted by Gasteiger charge is -2.22. The van der Waals surface area contributed by atoms with Crippen molar-refractivity contribution < 1.29 is 9.53 Å². The molecule has 1 aromatic carbocycles. The zero-order chi connectivity index (χ0) is 14.2. The van der Waals surface area contributed by atoms with Crippen LogP contribution in [0, 0.1) is 12.8 Å². The van der Waals surface area contributed by atoms with Crippen molar-refractivity contribution in [2.75, 3.05) is 26.3 Å². The molecule has 2 N–H and O–H groups in total. The van der Waals surface area contributed by atoms with Gasteiger partial charge in [0.25, 0.3) is 0 Å². The van der Waals surface area contributed by atoms with Crippen molar-refractivity contribution in [2.45, 2.75) is 26.2 Å². The molecule has 1 fully saturated rings. The Hall–Kier alpha value is -1.55. The molecule has 0 saturated carbocycles. The molecule has 1 heterocycles. The molecule has 0 radical (unpaired) electrons. The van der Waals surface area contributed by atoms with Crippen LogP contribution in [0.4, 0.5) is 4.79 Å². The highest BCUT2D eigenvalue weighted by Crippen LogP contribution is 2.13. The third-order valence-corrected chi connectivity index (χ3v) is 3.83. The summed E-state index contributed by atoms with van der Waals surface area (Å²) in [5.41, 5.74) is 2.56. The van der Waals surface area contributed by atoms with Crippen LogP contribution in [-0.4, -0.2) is 32.3 Å².